The molecule has 1 heterocycles. The first-order chi connectivity index (χ1) is 9.62. The van der Waals surface area contributed by atoms with Crippen molar-refractivity contribution in [2.75, 3.05) is 18.1 Å². The lowest BCUT2D eigenvalue weighted by atomic mass is 10.1. The number of sulfone groups is 1. The van der Waals surface area contributed by atoms with Gasteiger partial charge in [0, 0.05) is 6.54 Å². The lowest BCUT2D eigenvalue weighted by Crippen LogP contribution is -2.23. The van der Waals surface area contributed by atoms with Crippen LogP contribution in [0.3, 0.4) is 0 Å². The Bertz CT molecular complexity index is 709. The first-order valence-corrected chi connectivity index (χ1v) is 8.83. The molecule has 20 heavy (non-hydrogen) atoms. The standard InChI is InChI=1S/C16H19NO2S/c18-20(19)8-7-14(12-20)11-17-10-13-5-6-15-3-1-2-4-16(15)9-13/h1-6,9,14,17H,7-8,10-12H2. The van der Waals surface area contributed by atoms with Crippen LogP contribution in [-0.2, 0) is 16.4 Å². The molecule has 1 saturated heterocycles. The fourth-order valence-corrected chi connectivity index (χ4v) is 4.66. The van der Waals surface area contributed by atoms with Crippen LogP contribution in [0.2, 0.25) is 0 Å². The molecule has 4 heteroatoms. The van der Waals surface area contributed by atoms with E-state index in [0.29, 0.717) is 11.5 Å². The molecule has 1 aliphatic heterocycles. The second kappa shape index (κ2) is 5.54. The van der Waals surface area contributed by atoms with Gasteiger partial charge >= 0.3 is 0 Å². The fourth-order valence-electron chi connectivity index (χ4n) is 2.80. The number of nitrogens with one attached hydrogen (secondary N) is 1. The summed E-state index contributed by atoms with van der Waals surface area (Å²) in [6.45, 7) is 1.58. The van der Waals surface area contributed by atoms with Gasteiger partial charge in [-0.1, -0.05) is 36.4 Å². The number of fused-ring (bicyclic) bond motifs is 1. The van der Waals surface area contributed by atoms with Gasteiger partial charge in [-0.25, -0.2) is 8.42 Å². The number of hydrogen-bond acceptors (Lipinski definition) is 3. The van der Waals surface area contributed by atoms with Crippen LogP contribution in [0.4, 0.5) is 0 Å². The van der Waals surface area contributed by atoms with Crippen molar-refractivity contribution in [1.29, 1.82) is 0 Å². The number of rotatable bonds is 4. The van der Waals surface area contributed by atoms with Crippen molar-refractivity contribution in [2.24, 2.45) is 5.92 Å². The smallest absolute Gasteiger partial charge is 0.150 e. The Balaban J connectivity index is 1.57. The summed E-state index contributed by atoms with van der Waals surface area (Å²) in [6.07, 6.45) is 0.799. The third-order valence-electron chi connectivity index (χ3n) is 3.90. The van der Waals surface area contributed by atoms with E-state index >= 15 is 0 Å². The molecule has 3 rings (SSSR count). The van der Waals surface area contributed by atoms with Crippen LogP contribution >= 0.6 is 0 Å². The highest BCUT2D eigenvalue weighted by molar-refractivity contribution is 7.91. The van der Waals surface area contributed by atoms with E-state index in [1.54, 1.807) is 0 Å². The van der Waals surface area contributed by atoms with Crippen LogP contribution in [0.5, 0.6) is 0 Å². The van der Waals surface area contributed by atoms with Crippen LogP contribution in [0.1, 0.15) is 12.0 Å². The second-order valence-electron chi connectivity index (χ2n) is 5.58. The van der Waals surface area contributed by atoms with Gasteiger partial charge < -0.3 is 5.32 Å². The van der Waals surface area contributed by atoms with E-state index in [1.165, 1.54) is 16.3 Å². The van der Waals surface area contributed by atoms with Crippen LogP contribution in [-0.4, -0.2) is 26.5 Å². The Hall–Kier alpha value is -1.39. The maximum Gasteiger partial charge on any atom is 0.150 e. The molecular formula is C16H19NO2S. The van der Waals surface area contributed by atoms with Crippen molar-refractivity contribution in [3.63, 3.8) is 0 Å². The Morgan fingerprint density at radius 2 is 1.90 bits per heavy atom. The van der Waals surface area contributed by atoms with Crippen molar-refractivity contribution in [3.8, 4) is 0 Å². The van der Waals surface area contributed by atoms with E-state index in [1.807, 2.05) is 12.1 Å². The number of hydrogen-bond donors (Lipinski definition) is 1. The molecule has 2 aromatic rings. The minimum Gasteiger partial charge on any atom is -0.312 e. The predicted octanol–water partition coefficient (Wildman–Crippen LogP) is 2.36. The molecule has 0 amide bonds. The van der Waals surface area contributed by atoms with Crippen molar-refractivity contribution >= 4 is 20.6 Å². The van der Waals surface area contributed by atoms with Gasteiger partial charge in [0.15, 0.2) is 9.84 Å². The SMILES string of the molecule is O=S1(=O)CCC(CNCc2ccc3ccccc3c2)C1. The summed E-state index contributed by atoms with van der Waals surface area (Å²) >= 11 is 0. The molecule has 0 aromatic heterocycles. The summed E-state index contributed by atoms with van der Waals surface area (Å²) in [5.41, 5.74) is 1.24. The van der Waals surface area contributed by atoms with Gasteiger partial charge in [-0.2, -0.15) is 0 Å². The van der Waals surface area contributed by atoms with E-state index in [0.717, 1.165) is 19.5 Å². The Labute approximate surface area is 119 Å². The van der Waals surface area contributed by atoms with Crippen molar-refractivity contribution in [2.45, 2.75) is 13.0 Å². The molecule has 1 N–H and O–H groups in total. The summed E-state index contributed by atoms with van der Waals surface area (Å²) in [5.74, 6) is 0.980. The molecule has 1 aliphatic rings. The molecule has 1 fully saturated rings. The fraction of sp³-hybridized carbons (Fsp3) is 0.375. The predicted molar refractivity (Wildman–Crippen MR) is 82.4 cm³/mol. The monoisotopic (exact) mass is 289 g/mol. The lowest BCUT2D eigenvalue weighted by Gasteiger charge is -2.10. The molecule has 1 unspecified atom stereocenters. The summed E-state index contributed by atoms with van der Waals surface area (Å²) in [6, 6.07) is 14.8. The van der Waals surface area contributed by atoms with Crippen molar-refractivity contribution < 1.29 is 8.42 Å². The van der Waals surface area contributed by atoms with Gasteiger partial charge in [0.1, 0.15) is 0 Å². The Morgan fingerprint density at radius 3 is 2.65 bits per heavy atom. The van der Waals surface area contributed by atoms with E-state index in [2.05, 4.69) is 35.6 Å². The molecule has 0 aliphatic carbocycles. The first-order valence-electron chi connectivity index (χ1n) is 7.01. The molecule has 0 spiro atoms. The molecule has 1 atom stereocenters. The van der Waals surface area contributed by atoms with Crippen LogP contribution in [0.25, 0.3) is 10.8 Å². The maximum absolute atomic E-state index is 11.4. The van der Waals surface area contributed by atoms with Gasteiger partial charge in [0.25, 0.3) is 0 Å². The highest BCUT2D eigenvalue weighted by atomic mass is 32.2. The molecule has 3 nitrogen and oxygen atoms in total. The molecule has 2 aromatic carbocycles. The normalized spacial score (nSPS) is 21.3. The van der Waals surface area contributed by atoms with E-state index in [4.69, 9.17) is 0 Å². The third-order valence-corrected chi connectivity index (χ3v) is 5.74. The molecule has 0 saturated carbocycles. The largest absolute Gasteiger partial charge is 0.312 e. The third kappa shape index (κ3) is 3.19. The van der Waals surface area contributed by atoms with Crippen molar-refractivity contribution in [1.82, 2.24) is 5.32 Å². The topological polar surface area (TPSA) is 46.2 Å². The minimum atomic E-state index is -2.76. The molecular weight excluding hydrogens is 270 g/mol. The summed E-state index contributed by atoms with van der Waals surface area (Å²) < 4.78 is 22.8. The Morgan fingerprint density at radius 1 is 1.10 bits per heavy atom. The summed E-state index contributed by atoms with van der Waals surface area (Å²) in [7, 11) is -2.76. The average Bonchev–Trinajstić information content (AvgIpc) is 2.78. The zero-order chi connectivity index (χ0) is 14.0. The first kappa shape index (κ1) is 13.6. The van der Waals surface area contributed by atoms with E-state index in [9.17, 15) is 8.42 Å². The molecule has 0 radical (unpaired) electrons. The van der Waals surface area contributed by atoms with E-state index in [-0.39, 0.29) is 5.92 Å². The van der Waals surface area contributed by atoms with Gasteiger partial charge in [-0.05, 0) is 41.3 Å². The number of benzene rings is 2. The van der Waals surface area contributed by atoms with Gasteiger partial charge in [-0.15, -0.1) is 0 Å². The van der Waals surface area contributed by atoms with Crippen LogP contribution in [0.15, 0.2) is 42.5 Å². The minimum absolute atomic E-state index is 0.278. The zero-order valence-corrected chi connectivity index (χ0v) is 12.2. The van der Waals surface area contributed by atoms with Gasteiger partial charge in [0.05, 0.1) is 11.5 Å². The maximum atomic E-state index is 11.4. The van der Waals surface area contributed by atoms with Crippen LogP contribution < -0.4 is 5.32 Å². The van der Waals surface area contributed by atoms with E-state index < -0.39 is 9.84 Å². The average molecular weight is 289 g/mol. The molecule has 106 valence electrons. The summed E-state index contributed by atoms with van der Waals surface area (Å²) in [4.78, 5) is 0. The highest BCUT2D eigenvalue weighted by Crippen LogP contribution is 2.18. The quantitative estimate of drug-likeness (QED) is 0.940. The zero-order valence-electron chi connectivity index (χ0n) is 11.4. The lowest BCUT2D eigenvalue weighted by molar-refractivity contribution is 0.521. The van der Waals surface area contributed by atoms with Crippen molar-refractivity contribution in [3.05, 3.63) is 48.0 Å². The second-order valence-corrected chi connectivity index (χ2v) is 7.81. The Kier molecular flexibility index (Phi) is 3.76. The molecule has 0 bridgehead atoms. The summed E-state index contributed by atoms with van der Waals surface area (Å²) in [5, 5.41) is 5.88. The van der Waals surface area contributed by atoms with Gasteiger partial charge in [0.2, 0.25) is 0 Å². The highest BCUT2D eigenvalue weighted by Gasteiger charge is 2.27. The van der Waals surface area contributed by atoms with Crippen LogP contribution in [0, 0.1) is 5.92 Å². The van der Waals surface area contributed by atoms with Gasteiger partial charge in [-0.3, -0.25) is 0 Å².